The molecule has 0 spiro atoms. The van der Waals surface area contributed by atoms with Crippen LogP contribution in [0.3, 0.4) is 0 Å². The number of nitrogens with one attached hydrogen (secondary N) is 2. The summed E-state index contributed by atoms with van der Waals surface area (Å²) in [4.78, 5) is 12.8. The van der Waals surface area contributed by atoms with E-state index < -0.39 is 10.0 Å². The topological polar surface area (TPSA) is 102 Å². The molecule has 0 aliphatic rings. The zero-order valence-electron chi connectivity index (χ0n) is 16.7. The van der Waals surface area contributed by atoms with Crippen LogP contribution in [0, 0.1) is 13.8 Å². The number of rotatable bonds is 6. The summed E-state index contributed by atoms with van der Waals surface area (Å²) in [5.74, 6) is 2.10. The van der Waals surface area contributed by atoms with Crippen molar-refractivity contribution >= 4 is 38.8 Å². The third kappa shape index (κ3) is 4.68. The SMILES string of the molecule is Cc1ccc(S(=O)(=O)Nc2ccc(Nc3cc(-n4ccnc4C)ncn3)cc2)cc1Cl. The molecular formula is C21H19ClN6O2S. The van der Waals surface area contributed by atoms with Crippen molar-refractivity contribution in [3.05, 3.63) is 83.7 Å². The minimum Gasteiger partial charge on any atom is -0.340 e. The van der Waals surface area contributed by atoms with Gasteiger partial charge < -0.3 is 5.32 Å². The molecule has 0 atom stereocenters. The maximum atomic E-state index is 12.6. The van der Waals surface area contributed by atoms with E-state index >= 15 is 0 Å². The number of sulfonamides is 1. The van der Waals surface area contributed by atoms with Crippen LogP contribution in [0.25, 0.3) is 5.82 Å². The van der Waals surface area contributed by atoms with Gasteiger partial charge in [0.25, 0.3) is 10.0 Å². The molecule has 10 heteroatoms. The zero-order valence-corrected chi connectivity index (χ0v) is 18.3. The Morgan fingerprint density at radius 3 is 2.35 bits per heavy atom. The lowest BCUT2D eigenvalue weighted by molar-refractivity contribution is 0.601. The largest absolute Gasteiger partial charge is 0.340 e. The first kappa shape index (κ1) is 20.8. The zero-order chi connectivity index (χ0) is 22.0. The normalized spacial score (nSPS) is 11.3. The molecule has 31 heavy (non-hydrogen) atoms. The van der Waals surface area contributed by atoms with Crippen LogP contribution in [0.15, 0.2) is 72.1 Å². The number of hydrogen-bond acceptors (Lipinski definition) is 6. The van der Waals surface area contributed by atoms with Gasteiger partial charge in [0.05, 0.1) is 4.90 Å². The van der Waals surface area contributed by atoms with E-state index in [0.717, 1.165) is 17.1 Å². The van der Waals surface area contributed by atoms with Gasteiger partial charge in [0.2, 0.25) is 0 Å². The number of aromatic nitrogens is 4. The third-order valence-electron chi connectivity index (χ3n) is 4.59. The highest BCUT2D eigenvalue weighted by molar-refractivity contribution is 7.92. The van der Waals surface area contributed by atoms with Crippen LogP contribution in [0.5, 0.6) is 0 Å². The Labute approximate surface area is 185 Å². The minimum atomic E-state index is -3.74. The predicted octanol–water partition coefficient (Wildman–Crippen LogP) is 4.48. The van der Waals surface area contributed by atoms with E-state index in [4.69, 9.17) is 11.6 Å². The maximum absolute atomic E-state index is 12.6. The van der Waals surface area contributed by atoms with Gasteiger partial charge in [-0.15, -0.1) is 0 Å². The summed E-state index contributed by atoms with van der Waals surface area (Å²) in [6, 6.07) is 13.3. The van der Waals surface area contributed by atoms with E-state index in [1.165, 1.54) is 18.5 Å². The van der Waals surface area contributed by atoms with Crippen LogP contribution < -0.4 is 10.0 Å². The molecule has 4 aromatic rings. The average molecular weight is 455 g/mol. The Morgan fingerprint density at radius 1 is 0.935 bits per heavy atom. The van der Waals surface area contributed by atoms with E-state index in [-0.39, 0.29) is 4.90 Å². The van der Waals surface area contributed by atoms with Gasteiger partial charge in [-0.25, -0.2) is 23.4 Å². The fourth-order valence-electron chi connectivity index (χ4n) is 2.89. The molecule has 0 saturated carbocycles. The second-order valence-corrected chi connectivity index (χ2v) is 8.91. The molecule has 0 radical (unpaired) electrons. The second kappa shape index (κ2) is 8.37. The summed E-state index contributed by atoms with van der Waals surface area (Å²) in [5, 5.41) is 3.58. The van der Waals surface area contributed by atoms with Crippen molar-refractivity contribution in [3.63, 3.8) is 0 Å². The number of nitrogens with zero attached hydrogens (tertiary/aromatic N) is 4. The van der Waals surface area contributed by atoms with Gasteiger partial charge in [0.1, 0.15) is 23.8 Å². The molecule has 0 saturated heterocycles. The lowest BCUT2D eigenvalue weighted by Crippen LogP contribution is -2.13. The molecular weight excluding hydrogens is 436 g/mol. The van der Waals surface area contributed by atoms with Crippen molar-refractivity contribution in [2.75, 3.05) is 10.0 Å². The first-order valence-corrected chi connectivity index (χ1v) is 11.2. The molecule has 0 aliphatic heterocycles. The van der Waals surface area contributed by atoms with Gasteiger partial charge in [0, 0.05) is 34.9 Å². The van der Waals surface area contributed by atoms with Crippen LogP contribution in [-0.4, -0.2) is 27.9 Å². The molecule has 2 aromatic carbocycles. The first-order chi connectivity index (χ1) is 14.8. The van der Waals surface area contributed by atoms with E-state index in [2.05, 4.69) is 25.0 Å². The second-order valence-electron chi connectivity index (χ2n) is 6.82. The van der Waals surface area contributed by atoms with Crippen LogP contribution in [-0.2, 0) is 10.0 Å². The summed E-state index contributed by atoms with van der Waals surface area (Å²) in [7, 11) is -3.74. The van der Waals surface area contributed by atoms with Crippen LogP contribution in [0.1, 0.15) is 11.4 Å². The van der Waals surface area contributed by atoms with Crippen molar-refractivity contribution in [1.82, 2.24) is 19.5 Å². The van der Waals surface area contributed by atoms with Crippen LogP contribution >= 0.6 is 11.6 Å². The third-order valence-corrected chi connectivity index (χ3v) is 6.37. The Morgan fingerprint density at radius 2 is 1.68 bits per heavy atom. The lowest BCUT2D eigenvalue weighted by Gasteiger charge is -2.11. The van der Waals surface area contributed by atoms with Crippen molar-refractivity contribution < 1.29 is 8.42 Å². The van der Waals surface area contributed by atoms with Gasteiger partial charge >= 0.3 is 0 Å². The summed E-state index contributed by atoms with van der Waals surface area (Å²) in [5.41, 5.74) is 1.99. The van der Waals surface area contributed by atoms with Gasteiger partial charge in [-0.2, -0.15) is 0 Å². The Hall–Kier alpha value is -3.43. The standard InChI is InChI=1S/C21H19ClN6O2S/c1-14-3-8-18(11-19(14)22)31(29,30)27-17-6-4-16(5-7-17)26-20-12-21(25-13-24-20)28-10-9-23-15(28)2/h3-13,27H,1-2H3,(H,24,25,26). The Balaban J connectivity index is 1.49. The molecule has 158 valence electrons. The number of hydrogen-bond donors (Lipinski definition) is 2. The molecule has 8 nitrogen and oxygen atoms in total. The predicted molar refractivity (Wildman–Crippen MR) is 121 cm³/mol. The van der Waals surface area contributed by atoms with Crippen molar-refractivity contribution in [2.45, 2.75) is 18.7 Å². The fourth-order valence-corrected chi connectivity index (χ4v) is 4.22. The van der Waals surface area contributed by atoms with E-state index in [1.807, 2.05) is 24.6 Å². The van der Waals surface area contributed by atoms with E-state index in [9.17, 15) is 8.42 Å². The smallest absolute Gasteiger partial charge is 0.261 e. The van der Waals surface area contributed by atoms with E-state index in [1.54, 1.807) is 42.6 Å². The first-order valence-electron chi connectivity index (χ1n) is 9.30. The van der Waals surface area contributed by atoms with Gasteiger partial charge in [-0.1, -0.05) is 17.7 Å². The number of halogens is 1. The van der Waals surface area contributed by atoms with E-state index in [0.29, 0.717) is 22.3 Å². The molecule has 0 amide bonds. The maximum Gasteiger partial charge on any atom is 0.261 e. The number of aryl methyl sites for hydroxylation is 2. The summed E-state index contributed by atoms with van der Waals surface area (Å²) >= 11 is 6.06. The van der Waals surface area contributed by atoms with Crippen molar-refractivity contribution in [1.29, 1.82) is 0 Å². The highest BCUT2D eigenvalue weighted by Crippen LogP contribution is 2.24. The Bertz CT molecular complexity index is 1340. The highest BCUT2D eigenvalue weighted by atomic mass is 35.5. The summed E-state index contributed by atoms with van der Waals surface area (Å²) in [6.07, 6.45) is 4.99. The lowest BCUT2D eigenvalue weighted by atomic mass is 10.2. The molecule has 0 unspecified atom stereocenters. The average Bonchev–Trinajstić information content (AvgIpc) is 3.17. The minimum absolute atomic E-state index is 0.105. The monoisotopic (exact) mass is 454 g/mol. The van der Waals surface area contributed by atoms with Gasteiger partial charge in [0.15, 0.2) is 0 Å². The molecule has 0 bridgehead atoms. The molecule has 4 rings (SSSR count). The van der Waals surface area contributed by atoms with Crippen molar-refractivity contribution in [3.8, 4) is 5.82 Å². The molecule has 2 N–H and O–H groups in total. The van der Waals surface area contributed by atoms with Crippen LogP contribution in [0.4, 0.5) is 17.2 Å². The summed E-state index contributed by atoms with van der Waals surface area (Å²) in [6.45, 7) is 3.70. The van der Waals surface area contributed by atoms with Crippen LogP contribution in [0.2, 0.25) is 5.02 Å². The number of imidazole rings is 1. The molecule has 2 aromatic heterocycles. The fraction of sp³-hybridized carbons (Fsp3) is 0.0952. The van der Waals surface area contributed by atoms with Crippen molar-refractivity contribution in [2.24, 2.45) is 0 Å². The Kier molecular flexibility index (Phi) is 5.62. The highest BCUT2D eigenvalue weighted by Gasteiger charge is 2.15. The summed E-state index contributed by atoms with van der Waals surface area (Å²) < 4.78 is 29.6. The molecule has 0 fully saturated rings. The quantitative estimate of drug-likeness (QED) is 0.445. The van der Waals surface area contributed by atoms with Gasteiger partial charge in [-0.05, 0) is 55.8 Å². The number of benzene rings is 2. The number of anilines is 3. The molecule has 2 heterocycles. The van der Waals surface area contributed by atoms with Gasteiger partial charge in [-0.3, -0.25) is 9.29 Å². The molecule has 0 aliphatic carbocycles.